The van der Waals surface area contributed by atoms with Gasteiger partial charge in [-0.1, -0.05) is 52.3 Å². The van der Waals surface area contributed by atoms with Crippen LogP contribution in [0.1, 0.15) is 17.0 Å². The molecule has 7 heteroatoms. The number of nitrogens with one attached hydrogen (secondary N) is 2. The van der Waals surface area contributed by atoms with E-state index in [0.717, 1.165) is 21.3 Å². The maximum Gasteiger partial charge on any atom is 0.256 e. The van der Waals surface area contributed by atoms with Gasteiger partial charge in [-0.2, -0.15) is 0 Å². The summed E-state index contributed by atoms with van der Waals surface area (Å²) in [6.07, 6.45) is 2.92. The van der Waals surface area contributed by atoms with Gasteiger partial charge in [0.1, 0.15) is 0 Å². The van der Waals surface area contributed by atoms with Gasteiger partial charge in [-0.3, -0.25) is 4.79 Å². The molecule has 0 atom stereocenters. The van der Waals surface area contributed by atoms with Crippen molar-refractivity contribution in [1.82, 2.24) is 4.98 Å². The third kappa shape index (κ3) is 3.21. The largest absolute Gasteiger partial charge is 0.357 e. The molecule has 5 nitrogen and oxygen atoms in total. The van der Waals surface area contributed by atoms with Crippen LogP contribution in [0.25, 0.3) is 22.8 Å². The average Bonchev–Trinajstić information content (AvgIpc) is 3.12. The number of aromatic nitrogens is 1. The van der Waals surface area contributed by atoms with E-state index in [-0.39, 0.29) is 10.8 Å². The van der Waals surface area contributed by atoms with Gasteiger partial charge in [0.25, 0.3) is 5.91 Å². The van der Waals surface area contributed by atoms with Crippen LogP contribution in [-0.2, 0) is 14.6 Å². The molecule has 1 amide bonds. The average molecular weight is 457 g/mol. The Labute approximate surface area is 171 Å². The molecule has 0 saturated heterocycles. The number of amides is 1. The fourth-order valence-corrected chi connectivity index (χ4v) is 5.12. The quantitative estimate of drug-likeness (QED) is 0.562. The van der Waals surface area contributed by atoms with Crippen LogP contribution < -0.4 is 5.32 Å². The fraction of sp³-hybridized carbons (Fsp3) is 0.0952. The summed E-state index contributed by atoms with van der Waals surface area (Å²) < 4.78 is 25.8. The lowest BCUT2D eigenvalue weighted by Gasteiger charge is -2.06. The first-order valence-corrected chi connectivity index (χ1v) is 11.2. The third-order valence-electron chi connectivity index (χ3n) is 4.65. The normalized spacial score (nSPS) is 15.0. The van der Waals surface area contributed by atoms with Crippen molar-refractivity contribution >= 4 is 49.0 Å². The Hall–Kier alpha value is -2.64. The van der Waals surface area contributed by atoms with Crippen molar-refractivity contribution < 1.29 is 13.2 Å². The second kappa shape index (κ2) is 6.76. The second-order valence-electron chi connectivity index (χ2n) is 6.71. The van der Waals surface area contributed by atoms with Crippen LogP contribution in [0.4, 0.5) is 5.69 Å². The van der Waals surface area contributed by atoms with E-state index in [1.165, 1.54) is 6.26 Å². The molecule has 2 N–H and O–H groups in total. The monoisotopic (exact) mass is 456 g/mol. The number of carbonyl (C=O) groups excluding carboxylic acids is 1. The first kappa shape index (κ1) is 18.7. The Morgan fingerprint density at radius 2 is 1.79 bits per heavy atom. The summed E-state index contributed by atoms with van der Waals surface area (Å²) in [6.45, 7) is 1.73. The molecule has 0 spiro atoms. The maximum atomic E-state index is 12.6. The van der Waals surface area contributed by atoms with E-state index in [4.69, 9.17) is 0 Å². The number of fused-ring (bicyclic) bond motifs is 1. The fourth-order valence-electron chi connectivity index (χ4n) is 3.55. The van der Waals surface area contributed by atoms with E-state index in [1.807, 2.05) is 48.5 Å². The van der Waals surface area contributed by atoms with E-state index in [1.54, 1.807) is 13.0 Å². The molecule has 3 aromatic rings. The van der Waals surface area contributed by atoms with Crippen molar-refractivity contribution in [1.29, 1.82) is 0 Å². The SMILES string of the molecule is Cc1[nH]c(C=C2C(=O)Nc3cc(Br)ccc32)c(-c2ccccc2)c1S(C)(=O)=O. The molecular weight excluding hydrogens is 440 g/mol. The number of aromatic amines is 1. The predicted molar refractivity (Wildman–Crippen MR) is 115 cm³/mol. The minimum atomic E-state index is -3.47. The smallest absolute Gasteiger partial charge is 0.256 e. The standard InChI is InChI=1S/C21H17BrN2O3S/c1-12-20(28(2,26)27)19(13-6-4-3-5-7-13)18(23-12)11-16-15-9-8-14(22)10-17(15)24-21(16)25/h3-11,23H,1-2H3,(H,24,25). The van der Waals surface area contributed by atoms with E-state index < -0.39 is 9.84 Å². The summed E-state index contributed by atoms with van der Waals surface area (Å²) in [5.41, 5.74) is 4.47. The van der Waals surface area contributed by atoms with Crippen molar-refractivity contribution in [2.45, 2.75) is 11.8 Å². The lowest BCUT2D eigenvalue weighted by molar-refractivity contribution is -0.110. The van der Waals surface area contributed by atoms with Crippen LogP contribution in [-0.4, -0.2) is 25.6 Å². The molecule has 0 radical (unpaired) electrons. The molecule has 1 aromatic heterocycles. The third-order valence-corrected chi connectivity index (χ3v) is 6.39. The number of halogens is 1. The van der Waals surface area contributed by atoms with Crippen molar-refractivity contribution in [2.24, 2.45) is 0 Å². The number of carbonyl (C=O) groups is 1. The molecule has 0 bridgehead atoms. The van der Waals surface area contributed by atoms with E-state index in [0.29, 0.717) is 22.5 Å². The molecule has 28 heavy (non-hydrogen) atoms. The number of aryl methyl sites for hydroxylation is 1. The Kier molecular flexibility index (Phi) is 4.51. The van der Waals surface area contributed by atoms with Crippen LogP contribution in [0.5, 0.6) is 0 Å². The highest BCUT2D eigenvalue weighted by atomic mass is 79.9. The van der Waals surface area contributed by atoms with Gasteiger partial charge in [-0.15, -0.1) is 0 Å². The van der Waals surface area contributed by atoms with Crippen molar-refractivity contribution in [3.8, 4) is 11.1 Å². The van der Waals surface area contributed by atoms with Crippen LogP contribution in [0.3, 0.4) is 0 Å². The van der Waals surface area contributed by atoms with Gasteiger partial charge in [0.15, 0.2) is 9.84 Å². The minimum absolute atomic E-state index is 0.222. The molecule has 1 aliphatic rings. The number of hydrogen-bond donors (Lipinski definition) is 2. The van der Waals surface area contributed by atoms with Crippen LogP contribution in [0, 0.1) is 6.92 Å². The van der Waals surface area contributed by atoms with E-state index in [9.17, 15) is 13.2 Å². The molecule has 0 unspecified atom stereocenters. The first-order valence-electron chi connectivity index (χ1n) is 8.56. The summed E-state index contributed by atoms with van der Waals surface area (Å²) in [5, 5.41) is 2.85. The summed E-state index contributed by atoms with van der Waals surface area (Å²) in [6, 6.07) is 14.9. The summed E-state index contributed by atoms with van der Waals surface area (Å²) in [4.78, 5) is 16.0. The van der Waals surface area contributed by atoms with Gasteiger partial charge in [0, 0.05) is 33.2 Å². The molecule has 2 aromatic carbocycles. The number of H-pyrrole nitrogens is 1. The Bertz CT molecular complexity index is 1240. The predicted octanol–water partition coefficient (Wildman–Crippen LogP) is 4.65. The Morgan fingerprint density at radius 1 is 1.07 bits per heavy atom. The summed E-state index contributed by atoms with van der Waals surface area (Å²) in [7, 11) is -3.47. The highest BCUT2D eigenvalue weighted by Crippen LogP contribution is 2.39. The number of rotatable bonds is 3. The first-order chi connectivity index (χ1) is 13.3. The Morgan fingerprint density at radius 3 is 2.46 bits per heavy atom. The van der Waals surface area contributed by atoms with Gasteiger partial charge < -0.3 is 10.3 Å². The van der Waals surface area contributed by atoms with Gasteiger partial charge in [0.05, 0.1) is 16.2 Å². The molecule has 0 fully saturated rings. The number of benzene rings is 2. The van der Waals surface area contributed by atoms with Gasteiger partial charge in [0.2, 0.25) is 0 Å². The topological polar surface area (TPSA) is 79.0 Å². The maximum absolute atomic E-state index is 12.6. The van der Waals surface area contributed by atoms with E-state index in [2.05, 4.69) is 26.2 Å². The number of sulfone groups is 1. The van der Waals surface area contributed by atoms with Crippen LogP contribution in [0.15, 0.2) is 57.9 Å². The minimum Gasteiger partial charge on any atom is -0.357 e. The number of hydrogen-bond acceptors (Lipinski definition) is 3. The second-order valence-corrected chi connectivity index (χ2v) is 9.58. The number of anilines is 1. The Balaban J connectivity index is 1.98. The van der Waals surface area contributed by atoms with Gasteiger partial charge in [-0.05, 0) is 30.7 Å². The summed E-state index contributed by atoms with van der Waals surface area (Å²) in [5.74, 6) is -0.222. The highest BCUT2D eigenvalue weighted by molar-refractivity contribution is 9.10. The molecule has 142 valence electrons. The van der Waals surface area contributed by atoms with Crippen molar-refractivity contribution in [3.63, 3.8) is 0 Å². The highest BCUT2D eigenvalue weighted by Gasteiger charge is 2.27. The molecule has 2 heterocycles. The zero-order valence-corrected chi connectivity index (χ0v) is 17.6. The molecule has 1 aliphatic heterocycles. The zero-order chi connectivity index (χ0) is 20.1. The lowest BCUT2D eigenvalue weighted by atomic mass is 10.0. The molecule has 4 rings (SSSR count). The molecular formula is C21H17BrN2O3S. The van der Waals surface area contributed by atoms with Crippen LogP contribution >= 0.6 is 15.9 Å². The zero-order valence-electron chi connectivity index (χ0n) is 15.2. The van der Waals surface area contributed by atoms with Crippen molar-refractivity contribution in [3.05, 3.63) is 70.0 Å². The van der Waals surface area contributed by atoms with Gasteiger partial charge in [-0.25, -0.2) is 8.42 Å². The van der Waals surface area contributed by atoms with Crippen molar-refractivity contribution in [2.75, 3.05) is 11.6 Å². The molecule has 0 saturated carbocycles. The van der Waals surface area contributed by atoms with E-state index >= 15 is 0 Å². The summed E-state index contributed by atoms with van der Waals surface area (Å²) >= 11 is 3.40. The van der Waals surface area contributed by atoms with Crippen LogP contribution in [0.2, 0.25) is 0 Å². The molecule has 0 aliphatic carbocycles. The lowest BCUT2D eigenvalue weighted by Crippen LogP contribution is -2.03. The van der Waals surface area contributed by atoms with Gasteiger partial charge >= 0.3 is 0 Å².